The number of hydrogen-bond donors (Lipinski definition) is 1. The van der Waals surface area contributed by atoms with E-state index in [1.165, 1.54) is 5.56 Å². The SMILES string of the molecule is COc1ccc(CCCC(=O)NCc2nc3ncccc3o2)cc1. The first-order chi connectivity index (χ1) is 11.7. The highest BCUT2D eigenvalue weighted by Gasteiger charge is 2.08. The van der Waals surface area contributed by atoms with Gasteiger partial charge in [-0.3, -0.25) is 4.79 Å². The van der Waals surface area contributed by atoms with Crippen LogP contribution >= 0.6 is 0 Å². The van der Waals surface area contributed by atoms with Gasteiger partial charge >= 0.3 is 0 Å². The first kappa shape index (κ1) is 16.0. The smallest absolute Gasteiger partial charge is 0.220 e. The van der Waals surface area contributed by atoms with Crippen LogP contribution in [0.3, 0.4) is 0 Å². The second kappa shape index (κ2) is 7.59. The van der Waals surface area contributed by atoms with Crippen LogP contribution in [0.15, 0.2) is 47.0 Å². The summed E-state index contributed by atoms with van der Waals surface area (Å²) in [6.07, 6.45) is 3.76. The number of ether oxygens (including phenoxy) is 1. The van der Waals surface area contributed by atoms with Crippen LogP contribution in [0, 0.1) is 0 Å². The van der Waals surface area contributed by atoms with Gasteiger partial charge in [0.2, 0.25) is 11.8 Å². The van der Waals surface area contributed by atoms with E-state index in [9.17, 15) is 4.79 Å². The number of benzene rings is 1. The Morgan fingerprint density at radius 3 is 2.83 bits per heavy atom. The molecule has 0 bridgehead atoms. The second-order valence-corrected chi connectivity index (χ2v) is 5.41. The van der Waals surface area contributed by atoms with Crippen molar-refractivity contribution in [3.63, 3.8) is 0 Å². The summed E-state index contributed by atoms with van der Waals surface area (Å²) in [4.78, 5) is 20.2. The Morgan fingerprint density at radius 2 is 2.08 bits per heavy atom. The van der Waals surface area contributed by atoms with Gasteiger partial charge in [0.05, 0.1) is 13.7 Å². The average molecular weight is 325 g/mol. The lowest BCUT2D eigenvalue weighted by atomic mass is 10.1. The number of amides is 1. The molecule has 6 nitrogen and oxygen atoms in total. The van der Waals surface area contributed by atoms with E-state index in [1.807, 2.05) is 24.3 Å². The molecule has 24 heavy (non-hydrogen) atoms. The van der Waals surface area contributed by atoms with Crippen LogP contribution in [-0.4, -0.2) is 23.0 Å². The highest BCUT2D eigenvalue weighted by atomic mass is 16.5. The standard InChI is InChI=1S/C18H19N3O3/c1-23-14-9-7-13(8-10-14)4-2-6-16(22)20-12-17-21-18-15(24-17)5-3-11-19-18/h3,5,7-11H,2,4,6,12H2,1H3,(H,20,22). The molecular formula is C18H19N3O3. The third-order valence-electron chi connectivity index (χ3n) is 3.67. The molecule has 2 aromatic heterocycles. The van der Waals surface area contributed by atoms with Gasteiger partial charge in [-0.25, -0.2) is 4.98 Å². The topological polar surface area (TPSA) is 77.2 Å². The van der Waals surface area contributed by atoms with E-state index >= 15 is 0 Å². The third kappa shape index (κ3) is 4.10. The monoisotopic (exact) mass is 325 g/mol. The quantitative estimate of drug-likeness (QED) is 0.723. The molecule has 0 saturated heterocycles. The van der Waals surface area contributed by atoms with Gasteiger partial charge in [-0.2, -0.15) is 4.98 Å². The lowest BCUT2D eigenvalue weighted by Gasteiger charge is -2.04. The molecule has 0 atom stereocenters. The van der Waals surface area contributed by atoms with Gasteiger partial charge in [0, 0.05) is 12.6 Å². The van der Waals surface area contributed by atoms with Gasteiger partial charge in [-0.05, 0) is 42.7 Å². The van der Waals surface area contributed by atoms with Crippen LogP contribution < -0.4 is 10.1 Å². The van der Waals surface area contributed by atoms with Crippen molar-refractivity contribution in [3.8, 4) is 5.75 Å². The first-order valence-electron chi connectivity index (χ1n) is 7.84. The Hall–Kier alpha value is -2.89. The van der Waals surface area contributed by atoms with Crippen LogP contribution in [-0.2, 0) is 17.8 Å². The second-order valence-electron chi connectivity index (χ2n) is 5.41. The van der Waals surface area contributed by atoms with Gasteiger partial charge in [0.25, 0.3) is 0 Å². The zero-order valence-corrected chi connectivity index (χ0v) is 13.5. The highest BCUT2D eigenvalue weighted by Crippen LogP contribution is 2.14. The van der Waals surface area contributed by atoms with Crippen molar-refractivity contribution >= 4 is 17.1 Å². The van der Waals surface area contributed by atoms with Crippen molar-refractivity contribution in [2.45, 2.75) is 25.8 Å². The van der Waals surface area contributed by atoms with E-state index in [1.54, 1.807) is 25.4 Å². The maximum Gasteiger partial charge on any atom is 0.220 e. The third-order valence-corrected chi connectivity index (χ3v) is 3.67. The number of methoxy groups -OCH3 is 1. The molecule has 0 aliphatic rings. The van der Waals surface area contributed by atoms with Crippen LogP contribution in [0.1, 0.15) is 24.3 Å². The summed E-state index contributed by atoms with van der Waals surface area (Å²) >= 11 is 0. The fraction of sp³-hybridized carbons (Fsp3) is 0.278. The Labute approximate surface area is 139 Å². The molecule has 0 aliphatic heterocycles. The van der Waals surface area contributed by atoms with Crippen LogP contribution in [0.25, 0.3) is 11.2 Å². The van der Waals surface area contributed by atoms with Crippen molar-refractivity contribution in [1.29, 1.82) is 0 Å². The molecule has 3 rings (SSSR count). The predicted molar refractivity (Wildman–Crippen MR) is 89.6 cm³/mol. The van der Waals surface area contributed by atoms with Crippen molar-refractivity contribution < 1.29 is 13.9 Å². The zero-order valence-electron chi connectivity index (χ0n) is 13.5. The minimum absolute atomic E-state index is 0.0151. The van der Waals surface area contributed by atoms with E-state index in [2.05, 4.69) is 15.3 Å². The lowest BCUT2D eigenvalue weighted by molar-refractivity contribution is -0.121. The summed E-state index contributed by atoms with van der Waals surface area (Å²) in [5, 5.41) is 2.82. The van der Waals surface area contributed by atoms with Crippen molar-refractivity contribution in [3.05, 3.63) is 54.0 Å². The summed E-state index contributed by atoms with van der Waals surface area (Å²) in [5.74, 6) is 1.29. The molecule has 2 heterocycles. The molecular weight excluding hydrogens is 306 g/mol. The number of aromatic nitrogens is 2. The first-order valence-corrected chi connectivity index (χ1v) is 7.84. The molecule has 1 amide bonds. The number of rotatable bonds is 7. The van der Waals surface area contributed by atoms with Gasteiger partial charge < -0.3 is 14.5 Å². The molecule has 0 unspecified atom stereocenters. The van der Waals surface area contributed by atoms with Crippen molar-refractivity contribution in [2.24, 2.45) is 0 Å². The molecule has 124 valence electrons. The highest BCUT2D eigenvalue weighted by molar-refractivity contribution is 5.75. The Bertz CT molecular complexity index is 779. The van der Waals surface area contributed by atoms with Gasteiger partial charge in [-0.15, -0.1) is 0 Å². The number of carbonyl (C=O) groups excluding carboxylic acids is 1. The fourth-order valence-electron chi connectivity index (χ4n) is 2.40. The van der Waals surface area contributed by atoms with Gasteiger partial charge in [0.15, 0.2) is 11.2 Å². The van der Waals surface area contributed by atoms with Gasteiger partial charge in [0.1, 0.15) is 5.75 Å². The Kier molecular flexibility index (Phi) is 5.05. The molecule has 6 heteroatoms. The maximum absolute atomic E-state index is 11.9. The van der Waals surface area contributed by atoms with E-state index < -0.39 is 0 Å². The summed E-state index contributed by atoms with van der Waals surface area (Å²) < 4.78 is 10.6. The van der Waals surface area contributed by atoms with E-state index in [0.717, 1.165) is 18.6 Å². The number of oxazole rings is 1. The summed E-state index contributed by atoms with van der Waals surface area (Å²) in [6, 6.07) is 11.5. The number of carbonyl (C=O) groups is 1. The number of pyridine rings is 1. The normalized spacial score (nSPS) is 10.7. The van der Waals surface area contributed by atoms with Crippen LogP contribution in [0.4, 0.5) is 0 Å². The fourth-order valence-corrected chi connectivity index (χ4v) is 2.40. The minimum atomic E-state index is -0.0151. The molecule has 1 N–H and O–H groups in total. The van der Waals surface area contributed by atoms with Crippen LogP contribution in [0.5, 0.6) is 5.75 Å². The van der Waals surface area contributed by atoms with E-state index in [4.69, 9.17) is 9.15 Å². The average Bonchev–Trinajstić information content (AvgIpc) is 3.03. The molecule has 0 aliphatic carbocycles. The number of hydrogen-bond acceptors (Lipinski definition) is 5. The summed E-state index contributed by atoms with van der Waals surface area (Å²) in [7, 11) is 1.65. The molecule has 0 fully saturated rings. The Balaban J connectivity index is 1.42. The predicted octanol–water partition coefficient (Wildman–Crippen LogP) is 2.87. The van der Waals surface area contributed by atoms with E-state index in [0.29, 0.717) is 23.5 Å². The number of nitrogens with one attached hydrogen (secondary N) is 1. The van der Waals surface area contributed by atoms with Crippen molar-refractivity contribution in [2.75, 3.05) is 7.11 Å². The Morgan fingerprint density at radius 1 is 1.25 bits per heavy atom. The minimum Gasteiger partial charge on any atom is -0.497 e. The molecule has 0 saturated carbocycles. The molecule has 0 spiro atoms. The van der Waals surface area contributed by atoms with Crippen molar-refractivity contribution in [1.82, 2.24) is 15.3 Å². The lowest BCUT2D eigenvalue weighted by Crippen LogP contribution is -2.22. The number of nitrogens with zero attached hydrogens (tertiary/aromatic N) is 2. The molecule has 1 aromatic carbocycles. The number of aryl methyl sites for hydroxylation is 1. The van der Waals surface area contributed by atoms with E-state index in [-0.39, 0.29) is 12.5 Å². The molecule has 0 radical (unpaired) electrons. The number of fused-ring (bicyclic) bond motifs is 1. The summed E-state index contributed by atoms with van der Waals surface area (Å²) in [6.45, 7) is 0.276. The van der Waals surface area contributed by atoms with Gasteiger partial charge in [-0.1, -0.05) is 12.1 Å². The van der Waals surface area contributed by atoms with Crippen LogP contribution in [0.2, 0.25) is 0 Å². The molecule has 3 aromatic rings. The summed E-state index contributed by atoms with van der Waals surface area (Å²) in [5.41, 5.74) is 2.37. The maximum atomic E-state index is 11.9. The largest absolute Gasteiger partial charge is 0.497 e. The zero-order chi connectivity index (χ0) is 16.8.